The van der Waals surface area contributed by atoms with Crippen molar-refractivity contribution >= 4 is 23.0 Å². The minimum absolute atomic E-state index is 0.374. The Kier molecular flexibility index (Phi) is 3.89. The number of rotatable bonds is 4. The van der Waals surface area contributed by atoms with Gasteiger partial charge >= 0.3 is 0 Å². The smallest absolute Gasteiger partial charge is 0.136 e. The van der Waals surface area contributed by atoms with Crippen LogP contribution in [0.4, 0.5) is 5.82 Å². The molecular formula is C15H21N3OS. The quantitative estimate of drug-likeness (QED) is 0.833. The Balaban J connectivity index is 1.83. The SMILES string of the molecule is COC1CC(Nc2nc3c(cc2C(N)=S)CCCC3)C1. The lowest BCUT2D eigenvalue weighted by Crippen LogP contribution is -2.41. The van der Waals surface area contributed by atoms with Crippen LogP contribution in [-0.2, 0) is 17.6 Å². The van der Waals surface area contributed by atoms with Crippen LogP contribution in [0.3, 0.4) is 0 Å². The van der Waals surface area contributed by atoms with Crippen LogP contribution in [0.5, 0.6) is 0 Å². The second kappa shape index (κ2) is 5.66. The minimum atomic E-state index is 0.374. The first-order chi connectivity index (χ1) is 9.67. The van der Waals surface area contributed by atoms with E-state index >= 15 is 0 Å². The van der Waals surface area contributed by atoms with E-state index in [2.05, 4.69) is 11.4 Å². The van der Waals surface area contributed by atoms with E-state index in [-0.39, 0.29) is 0 Å². The number of thiocarbonyl (C=S) groups is 1. The van der Waals surface area contributed by atoms with E-state index in [9.17, 15) is 0 Å². The summed E-state index contributed by atoms with van der Waals surface area (Å²) in [6.07, 6.45) is 7.02. The van der Waals surface area contributed by atoms with Crippen LogP contribution in [-0.4, -0.2) is 29.2 Å². The lowest BCUT2D eigenvalue weighted by Gasteiger charge is -2.35. The molecule has 1 aromatic heterocycles. The number of nitrogens with one attached hydrogen (secondary N) is 1. The summed E-state index contributed by atoms with van der Waals surface area (Å²) in [7, 11) is 1.76. The average Bonchev–Trinajstić information content (AvgIpc) is 2.41. The molecule has 0 unspecified atom stereocenters. The Hall–Kier alpha value is -1.20. The van der Waals surface area contributed by atoms with Gasteiger partial charge in [-0.05, 0) is 50.2 Å². The molecule has 20 heavy (non-hydrogen) atoms. The van der Waals surface area contributed by atoms with Gasteiger partial charge in [-0.25, -0.2) is 4.98 Å². The molecule has 108 valence electrons. The van der Waals surface area contributed by atoms with Crippen molar-refractivity contribution in [3.63, 3.8) is 0 Å². The Bertz CT molecular complexity index is 526. The first-order valence-corrected chi connectivity index (χ1v) is 7.70. The zero-order valence-corrected chi connectivity index (χ0v) is 12.6. The predicted molar refractivity (Wildman–Crippen MR) is 84.2 cm³/mol. The van der Waals surface area contributed by atoms with E-state index in [0.29, 0.717) is 17.1 Å². The summed E-state index contributed by atoms with van der Waals surface area (Å²) in [5.41, 5.74) is 9.28. The van der Waals surface area contributed by atoms with Gasteiger partial charge in [-0.3, -0.25) is 0 Å². The number of hydrogen-bond donors (Lipinski definition) is 2. The van der Waals surface area contributed by atoms with Gasteiger partial charge in [-0.1, -0.05) is 12.2 Å². The van der Waals surface area contributed by atoms with Gasteiger partial charge in [0.15, 0.2) is 0 Å². The molecule has 3 N–H and O–H groups in total. The van der Waals surface area contributed by atoms with Crippen LogP contribution in [0.25, 0.3) is 0 Å². The number of ether oxygens (including phenoxy) is 1. The number of fused-ring (bicyclic) bond motifs is 1. The van der Waals surface area contributed by atoms with E-state index in [4.69, 9.17) is 27.7 Å². The Morgan fingerprint density at radius 3 is 2.85 bits per heavy atom. The summed E-state index contributed by atoms with van der Waals surface area (Å²) in [4.78, 5) is 5.21. The van der Waals surface area contributed by atoms with E-state index in [1.807, 2.05) is 0 Å². The lowest BCUT2D eigenvalue weighted by atomic mass is 9.89. The molecule has 1 saturated carbocycles. The Morgan fingerprint density at radius 2 is 2.15 bits per heavy atom. The molecule has 1 heterocycles. The fourth-order valence-electron chi connectivity index (χ4n) is 3.00. The van der Waals surface area contributed by atoms with Crippen LogP contribution >= 0.6 is 12.2 Å². The van der Waals surface area contributed by atoms with Gasteiger partial charge in [0, 0.05) is 18.8 Å². The zero-order valence-electron chi connectivity index (χ0n) is 11.8. The third-order valence-electron chi connectivity index (χ3n) is 4.34. The van der Waals surface area contributed by atoms with Crippen molar-refractivity contribution < 1.29 is 4.74 Å². The van der Waals surface area contributed by atoms with Gasteiger partial charge < -0.3 is 15.8 Å². The summed E-state index contributed by atoms with van der Waals surface area (Å²) in [5, 5.41) is 3.48. The van der Waals surface area contributed by atoms with E-state index < -0.39 is 0 Å². The molecule has 2 aliphatic carbocycles. The van der Waals surface area contributed by atoms with E-state index in [0.717, 1.165) is 37.1 Å². The molecule has 0 spiro atoms. The van der Waals surface area contributed by atoms with Gasteiger partial charge in [-0.15, -0.1) is 0 Å². The first-order valence-electron chi connectivity index (χ1n) is 7.29. The molecule has 5 heteroatoms. The van der Waals surface area contributed by atoms with Gasteiger partial charge in [0.1, 0.15) is 10.8 Å². The van der Waals surface area contributed by atoms with Gasteiger partial charge in [0.05, 0.1) is 11.7 Å². The number of nitrogens with two attached hydrogens (primary N) is 1. The molecule has 0 amide bonds. The summed E-state index contributed by atoms with van der Waals surface area (Å²) < 4.78 is 5.31. The molecule has 0 radical (unpaired) electrons. The first kappa shape index (κ1) is 13.8. The highest BCUT2D eigenvalue weighted by molar-refractivity contribution is 7.80. The molecule has 3 rings (SSSR count). The topological polar surface area (TPSA) is 60.2 Å². The number of anilines is 1. The fraction of sp³-hybridized carbons (Fsp3) is 0.600. The molecule has 2 aliphatic rings. The number of nitrogens with zero attached hydrogens (tertiary/aromatic N) is 1. The third kappa shape index (κ3) is 2.65. The van der Waals surface area contributed by atoms with E-state index in [1.54, 1.807) is 7.11 Å². The van der Waals surface area contributed by atoms with Crippen molar-refractivity contribution in [1.29, 1.82) is 0 Å². The second-order valence-corrected chi connectivity index (χ2v) is 6.17. The van der Waals surface area contributed by atoms with Crippen LogP contribution in [0.15, 0.2) is 6.07 Å². The van der Waals surface area contributed by atoms with Crippen molar-refractivity contribution in [1.82, 2.24) is 4.98 Å². The van der Waals surface area contributed by atoms with Crippen molar-refractivity contribution in [2.24, 2.45) is 5.73 Å². The number of aromatic nitrogens is 1. The third-order valence-corrected chi connectivity index (χ3v) is 4.56. The highest BCUT2D eigenvalue weighted by Gasteiger charge is 2.30. The van der Waals surface area contributed by atoms with Crippen molar-refractivity contribution in [3.8, 4) is 0 Å². The highest BCUT2D eigenvalue weighted by Crippen LogP contribution is 2.29. The van der Waals surface area contributed by atoms with E-state index in [1.165, 1.54) is 24.1 Å². The summed E-state index contributed by atoms with van der Waals surface area (Å²) in [5.74, 6) is 0.859. The predicted octanol–water partition coefficient (Wildman–Crippen LogP) is 2.18. The number of methoxy groups -OCH3 is 1. The van der Waals surface area contributed by atoms with Gasteiger partial charge in [-0.2, -0.15) is 0 Å². The number of pyridine rings is 1. The van der Waals surface area contributed by atoms with Crippen LogP contribution in [0.2, 0.25) is 0 Å². The monoisotopic (exact) mass is 291 g/mol. The van der Waals surface area contributed by atoms with Crippen molar-refractivity contribution in [3.05, 3.63) is 22.9 Å². The molecule has 0 aliphatic heterocycles. The maximum Gasteiger partial charge on any atom is 0.136 e. The molecule has 0 bridgehead atoms. The lowest BCUT2D eigenvalue weighted by molar-refractivity contribution is 0.0328. The van der Waals surface area contributed by atoms with Gasteiger partial charge in [0.25, 0.3) is 0 Å². The molecule has 0 aromatic carbocycles. The molecule has 1 aromatic rings. The highest BCUT2D eigenvalue weighted by atomic mass is 32.1. The molecule has 4 nitrogen and oxygen atoms in total. The van der Waals surface area contributed by atoms with Crippen LogP contribution in [0.1, 0.15) is 42.5 Å². The normalized spacial score (nSPS) is 24.6. The Morgan fingerprint density at radius 1 is 1.40 bits per heavy atom. The van der Waals surface area contributed by atoms with Crippen LogP contribution in [0, 0.1) is 0 Å². The van der Waals surface area contributed by atoms with Gasteiger partial charge in [0.2, 0.25) is 0 Å². The van der Waals surface area contributed by atoms with Crippen LogP contribution < -0.4 is 11.1 Å². The number of aryl methyl sites for hydroxylation is 2. The summed E-state index contributed by atoms with van der Waals surface area (Å²) in [6.45, 7) is 0. The fourth-order valence-corrected chi connectivity index (χ4v) is 3.16. The average molecular weight is 291 g/mol. The molecule has 1 fully saturated rings. The Labute approximate surface area is 125 Å². The maximum atomic E-state index is 5.86. The standard InChI is InChI=1S/C15H21N3OS/c1-19-11-7-10(8-11)17-15-12(14(16)20)6-9-4-2-3-5-13(9)18-15/h6,10-11H,2-5,7-8H2,1H3,(H2,16,20)(H,17,18). The number of hydrogen-bond acceptors (Lipinski definition) is 4. The molecule has 0 atom stereocenters. The minimum Gasteiger partial charge on any atom is -0.389 e. The zero-order chi connectivity index (χ0) is 14.1. The summed E-state index contributed by atoms with van der Waals surface area (Å²) in [6, 6.07) is 2.56. The van der Waals surface area contributed by atoms with Crippen molar-refractivity contribution in [2.45, 2.75) is 50.7 Å². The largest absolute Gasteiger partial charge is 0.389 e. The molecule has 0 saturated heterocycles. The maximum absolute atomic E-state index is 5.86. The second-order valence-electron chi connectivity index (χ2n) is 5.73. The van der Waals surface area contributed by atoms with Crippen molar-refractivity contribution in [2.75, 3.05) is 12.4 Å². The molecular weight excluding hydrogens is 270 g/mol. The summed E-state index contributed by atoms with van der Waals surface area (Å²) >= 11 is 5.18.